The van der Waals surface area contributed by atoms with Crippen LogP contribution >= 0.6 is 11.6 Å². The van der Waals surface area contributed by atoms with Gasteiger partial charge in [0.25, 0.3) is 0 Å². The van der Waals surface area contributed by atoms with E-state index in [-0.39, 0.29) is 0 Å². The van der Waals surface area contributed by atoms with Gasteiger partial charge in [-0.3, -0.25) is 0 Å². The van der Waals surface area contributed by atoms with Crippen LogP contribution in [0.4, 0.5) is 0 Å². The lowest BCUT2D eigenvalue weighted by Gasteiger charge is -2.16. The van der Waals surface area contributed by atoms with E-state index in [1.807, 2.05) is 84.9 Å². The summed E-state index contributed by atoms with van der Waals surface area (Å²) in [6.07, 6.45) is 0. The lowest BCUT2D eigenvalue weighted by Crippen LogP contribution is -2.10. The molecule has 5 heteroatoms. The molecule has 4 rings (SSSR count). The molecule has 0 saturated carbocycles. The topological polar surface area (TPSA) is 36.9 Å². The molecule has 0 aliphatic carbocycles. The van der Waals surface area contributed by atoms with E-state index in [1.54, 1.807) is 6.07 Å². The molecule has 0 aliphatic heterocycles. The zero-order valence-corrected chi connectivity index (χ0v) is 17.8. The molecule has 0 amide bonds. The quantitative estimate of drug-likeness (QED) is 0.270. The lowest BCUT2D eigenvalue weighted by molar-refractivity contribution is 0.216. The Hall–Kier alpha value is -3.37. The van der Waals surface area contributed by atoms with Crippen LogP contribution in [0.5, 0.6) is 23.0 Å². The van der Waals surface area contributed by atoms with E-state index in [9.17, 15) is 0 Å². The second-order valence-electron chi connectivity index (χ2n) is 6.75. The molecule has 4 aromatic rings. The first kappa shape index (κ1) is 20.9. The van der Waals surface area contributed by atoms with Crippen LogP contribution in [0.15, 0.2) is 91.0 Å². The van der Waals surface area contributed by atoms with Crippen molar-refractivity contribution in [3.05, 3.63) is 96.0 Å². The number of halogens is 1. The molecule has 158 valence electrons. The van der Waals surface area contributed by atoms with E-state index in [4.69, 9.17) is 30.5 Å². The fourth-order valence-corrected chi connectivity index (χ4v) is 3.45. The van der Waals surface area contributed by atoms with Crippen LogP contribution in [0.25, 0.3) is 10.8 Å². The highest BCUT2D eigenvalue weighted by Crippen LogP contribution is 2.39. The summed E-state index contributed by atoms with van der Waals surface area (Å²) in [4.78, 5) is 0. The summed E-state index contributed by atoms with van der Waals surface area (Å²) in [5.41, 5.74) is 0. The first-order valence-electron chi connectivity index (χ1n) is 10.1. The van der Waals surface area contributed by atoms with Crippen LogP contribution < -0.4 is 18.9 Å². The highest BCUT2D eigenvalue weighted by molar-refractivity contribution is 6.33. The number of hydrogen-bond donors (Lipinski definition) is 0. The Bertz CT molecular complexity index is 1100. The average molecular weight is 435 g/mol. The molecule has 0 bridgehead atoms. The average Bonchev–Trinajstić information content (AvgIpc) is 2.82. The fraction of sp³-hybridized carbons (Fsp3) is 0.154. The molecule has 31 heavy (non-hydrogen) atoms. The molecule has 4 aromatic carbocycles. The Morgan fingerprint density at radius 3 is 1.61 bits per heavy atom. The molecule has 0 radical (unpaired) electrons. The smallest absolute Gasteiger partial charge is 0.146 e. The number of benzene rings is 4. The number of rotatable bonds is 10. The van der Waals surface area contributed by atoms with Crippen molar-refractivity contribution in [3.8, 4) is 23.0 Å². The van der Waals surface area contributed by atoms with Crippen molar-refractivity contribution in [2.24, 2.45) is 0 Å². The molecular weight excluding hydrogens is 412 g/mol. The number of fused-ring (bicyclic) bond motifs is 1. The third-order valence-corrected chi connectivity index (χ3v) is 4.89. The van der Waals surface area contributed by atoms with Gasteiger partial charge in [0.15, 0.2) is 0 Å². The maximum Gasteiger partial charge on any atom is 0.146 e. The van der Waals surface area contributed by atoms with Crippen LogP contribution in [0, 0.1) is 0 Å². The Morgan fingerprint density at radius 1 is 0.516 bits per heavy atom. The van der Waals surface area contributed by atoms with Crippen molar-refractivity contribution in [1.29, 1.82) is 0 Å². The van der Waals surface area contributed by atoms with E-state index < -0.39 is 0 Å². The van der Waals surface area contributed by atoms with Gasteiger partial charge in [0.2, 0.25) is 0 Å². The highest BCUT2D eigenvalue weighted by Gasteiger charge is 2.13. The molecule has 0 aliphatic rings. The largest absolute Gasteiger partial charge is 0.490 e. The van der Waals surface area contributed by atoms with Crippen LogP contribution in [-0.4, -0.2) is 26.4 Å². The molecule has 0 saturated heterocycles. The van der Waals surface area contributed by atoms with Gasteiger partial charge in [-0.2, -0.15) is 0 Å². The molecule has 0 fully saturated rings. The first-order chi connectivity index (χ1) is 15.3. The van der Waals surface area contributed by atoms with Crippen molar-refractivity contribution >= 4 is 22.4 Å². The van der Waals surface area contributed by atoms with Crippen LogP contribution in [-0.2, 0) is 0 Å². The predicted molar refractivity (Wildman–Crippen MR) is 124 cm³/mol. The van der Waals surface area contributed by atoms with Crippen LogP contribution in [0.1, 0.15) is 0 Å². The summed E-state index contributed by atoms with van der Waals surface area (Å²) in [7, 11) is 0. The normalized spacial score (nSPS) is 10.6. The molecule has 0 atom stereocenters. The molecule has 0 unspecified atom stereocenters. The van der Waals surface area contributed by atoms with Gasteiger partial charge >= 0.3 is 0 Å². The maximum atomic E-state index is 6.54. The second-order valence-corrected chi connectivity index (χ2v) is 7.16. The van der Waals surface area contributed by atoms with Gasteiger partial charge in [-0.05, 0) is 24.3 Å². The van der Waals surface area contributed by atoms with Gasteiger partial charge in [0.1, 0.15) is 49.4 Å². The van der Waals surface area contributed by atoms with Crippen molar-refractivity contribution in [2.75, 3.05) is 26.4 Å². The fourth-order valence-electron chi connectivity index (χ4n) is 3.20. The Balaban J connectivity index is 1.39. The first-order valence-corrected chi connectivity index (χ1v) is 10.5. The van der Waals surface area contributed by atoms with Gasteiger partial charge in [0.05, 0.1) is 5.02 Å². The summed E-state index contributed by atoms with van der Waals surface area (Å²) in [5, 5.41) is 2.33. The number of hydrogen-bond acceptors (Lipinski definition) is 4. The van der Waals surface area contributed by atoms with Gasteiger partial charge < -0.3 is 18.9 Å². The molecular formula is C26H23ClO4. The molecule has 0 spiro atoms. The minimum Gasteiger partial charge on any atom is -0.490 e. The second kappa shape index (κ2) is 10.6. The Labute approximate surface area is 186 Å². The van der Waals surface area contributed by atoms with E-state index in [1.165, 1.54) is 0 Å². The number of ether oxygens (including phenoxy) is 4. The van der Waals surface area contributed by atoms with Crippen molar-refractivity contribution in [3.63, 3.8) is 0 Å². The van der Waals surface area contributed by atoms with Crippen molar-refractivity contribution in [2.45, 2.75) is 0 Å². The van der Waals surface area contributed by atoms with Crippen molar-refractivity contribution in [1.82, 2.24) is 0 Å². The third-order valence-electron chi connectivity index (χ3n) is 4.61. The van der Waals surface area contributed by atoms with E-state index in [0.717, 1.165) is 22.3 Å². The molecule has 0 heterocycles. The van der Waals surface area contributed by atoms with Gasteiger partial charge in [-0.15, -0.1) is 0 Å². The zero-order chi connectivity index (χ0) is 21.3. The predicted octanol–water partition coefficient (Wildman–Crippen LogP) is 6.41. The van der Waals surface area contributed by atoms with E-state index in [0.29, 0.717) is 42.9 Å². The van der Waals surface area contributed by atoms with Gasteiger partial charge in [0, 0.05) is 16.8 Å². The molecule has 0 N–H and O–H groups in total. The zero-order valence-electron chi connectivity index (χ0n) is 17.0. The van der Waals surface area contributed by atoms with Crippen LogP contribution in [0.3, 0.4) is 0 Å². The van der Waals surface area contributed by atoms with Gasteiger partial charge in [-0.25, -0.2) is 0 Å². The summed E-state index contributed by atoms with van der Waals surface area (Å²) >= 11 is 6.54. The maximum absolute atomic E-state index is 6.54. The third kappa shape index (κ3) is 5.62. The monoisotopic (exact) mass is 434 g/mol. The number of para-hydroxylation sites is 2. The summed E-state index contributed by atoms with van der Waals surface area (Å²) in [6, 6.07) is 29.0. The highest BCUT2D eigenvalue weighted by atomic mass is 35.5. The Morgan fingerprint density at radius 2 is 1.00 bits per heavy atom. The van der Waals surface area contributed by atoms with E-state index in [2.05, 4.69) is 0 Å². The SMILES string of the molecule is Clc1cc(OCCOc2ccccc2)c2ccccc2c1OCCOc1ccccc1. The van der Waals surface area contributed by atoms with Crippen LogP contribution in [0.2, 0.25) is 5.02 Å². The standard InChI is InChI=1S/C26H23ClO4/c27-24-19-25(30-17-15-28-20-9-3-1-4-10-20)22-13-7-8-14-23(22)26(24)31-18-16-29-21-11-5-2-6-12-21/h1-14,19H,15-18H2. The van der Waals surface area contributed by atoms with Gasteiger partial charge in [-0.1, -0.05) is 72.3 Å². The summed E-state index contributed by atoms with van der Waals surface area (Å²) in [6.45, 7) is 1.64. The molecule has 0 aromatic heterocycles. The van der Waals surface area contributed by atoms with E-state index >= 15 is 0 Å². The Kier molecular flexibility index (Phi) is 7.14. The summed E-state index contributed by atoms with van der Waals surface area (Å²) < 4.78 is 23.3. The molecule has 4 nitrogen and oxygen atoms in total. The minimum atomic E-state index is 0.379. The lowest BCUT2D eigenvalue weighted by atomic mass is 10.1. The summed E-state index contributed by atoms with van der Waals surface area (Å²) in [5.74, 6) is 2.95. The minimum absolute atomic E-state index is 0.379. The van der Waals surface area contributed by atoms with Crippen molar-refractivity contribution < 1.29 is 18.9 Å².